The van der Waals surface area contributed by atoms with E-state index in [1.165, 1.54) is 16.7 Å². The highest BCUT2D eigenvalue weighted by atomic mass is 15.1. The molecular formula is C51H43N3. The number of hydrogen-bond acceptors (Lipinski definition) is 3. The Bertz CT molecular complexity index is 2460. The standard InChI is InChI=1S/C51H43N3/c1-36-15-26-45(27-16-36)53(44-11-5-4-6-12-44)46-30-23-41(24-31-46)43-25-32-51(52)50(35-43)42-19-17-39(18-20-42)40-21-28-47(29-22-40)54(48-13-7-9-37(2)33-48)49-14-8-10-38(3)34-49/h4-35H,52H2,1-3H3. The molecule has 8 aromatic rings. The first-order valence-corrected chi connectivity index (χ1v) is 18.5. The summed E-state index contributed by atoms with van der Waals surface area (Å²) >= 11 is 0. The maximum absolute atomic E-state index is 6.60. The summed E-state index contributed by atoms with van der Waals surface area (Å²) in [7, 11) is 0. The van der Waals surface area contributed by atoms with Gasteiger partial charge in [0.25, 0.3) is 0 Å². The van der Waals surface area contributed by atoms with Crippen molar-refractivity contribution in [2.45, 2.75) is 20.8 Å². The quantitative estimate of drug-likeness (QED) is 0.152. The second-order valence-electron chi connectivity index (χ2n) is 14.0. The second-order valence-corrected chi connectivity index (χ2v) is 14.0. The van der Waals surface area contributed by atoms with Crippen molar-refractivity contribution in [2.24, 2.45) is 0 Å². The van der Waals surface area contributed by atoms with Crippen LogP contribution >= 0.6 is 0 Å². The first-order chi connectivity index (χ1) is 26.4. The lowest BCUT2D eigenvalue weighted by Crippen LogP contribution is -2.10. The van der Waals surface area contributed by atoms with E-state index in [0.717, 1.165) is 73.2 Å². The van der Waals surface area contributed by atoms with E-state index in [4.69, 9.17) is 5.73 Å². The van der Waals surface area contributed by atoms with Crippen LogP contribution < -0.4 is 15.5 Å². The number of nitrogens with two attached hydrogens (primary N) is 1. The zero-order valence-electron chi connectivity index (χ0n) is 30.9. The Morgan fingerprint density at radius 2 is 0.685 bits per heavy atom. The maximum Gasteiger partial charge on any atom is 0.0464 e. The van der Waals surface area contributed by atoms with Gasteiger partial charge in [0.15, 0.2) is 0 Å². The van der Waals surface area contributed by atoms with Crippen molar-refractivity contribution in [2.75, 3.05) is 15.5 Å². The largest absolute Gasteiger partial charge is 0.398 e. The van der Waals surface area contributed by atoms with E-state index in [1.807, 2.05) is 6.07 Å². The van der Waals surface area contributed by atoms with E-state index in [2.05, 4.69) is 219 Å². The van der Waals surface area contributed by atoms with Crippen LogP contribution in [0.4, 0.5) is 39.8 Å². The SMILES string of the molecule is Cc1ccc(N(c2ccccc2)c2ccc(-c3ccc(N)c(-c4ccc(-c5ccc(N(c6cccc(C)c6)c6cccc(C)c6)cc5)cc4)c3)cc2)cc1. The molecule has 0 amide bonds. The first kappa shape index (κ1) is 34.3. The lowest BCUT2D eigenvalue weighted by atomic mass is 9.95. The zero-order valence-corrected chi connectivity index (χ0v) is 30.9. The number of nitrogen functional groups attached to an aromatic ring is 1. The Morgan fingerprint density at radius 3 is 1.20 bits per heavy atom. The van der Waals surface area contributed by atoms with Crippen LogP contribution in [0.1, 0.15) is 16.7 Å². The number of rotatable bonds is 9. The summed E-state index contributed by atoms with van der Waals surface area (Å²) in [6.07, 6.45) is 0. The summed E-state index contributed by atoms with van der Waals surface area (Å²) in [6, 6.07) is 69.2. The molecule has 0 saturated carbocycles. The molecular weight excluding hydrogens is 655 g/mol. The molecule has 262 valence electrons. The zero-order chi connectivity index (χ0) is 37.0. The van der Waals surface area contributed by atoms with E-state index < -0.39 is 0 Å². The molecule has 8 rings (SSSR count). The van der Waals surface area contributed by atoms with Crippen molar-refractivity contribution >= 4 is 39.8 Å². The van der Waals surface area contributed by atoms with Gasteiger partial charge in [-0.2, -0.15) is 0 Å². The summed E-state index contributed by atoms with van der Waals surface area (Å²) in [5.74, 6) is 0. The number of para-hydroxylation sites is 1. The molecule has 3 nitrogen and oxygen atoms in total. The highest BCUT2D eigenvalue weighted by Crippen LogP contribution is 2.39. The fourth-order valence-electron chi connectivity index (χ4n) is 7.13. The molecule has 54 heavy (non-hydrogen) atoms. The van der Waals surface area contributed by atoms with Gasteiger partial charge < -0.3 is 15.5 Å². The number of nitrogens with zero attached hydrogens (tertiary/aromatic N) is 2. The van der Waals surface area contributed by atoms with E-state index in [9.17, 15) is 0 Å². The molecule has 3 heteroatoms. The van der Waals surface area contributed by atoms with Crippen LogP contribution in [0, 0.1) is 20.8 Å². The predicted molar refractivity (Wildman–Crippen MR) is 231 cm³/mol. The Balaban J connectivity index is 1.04. The second kappa shape index (κ2) is 15.0. The normalized spacial score (nSPS) is 10.9. The number of aryl methyl sites for hydroxylation is 3. The highest BCUT2D eigenvalue weighted by Gasteiger charge is 2.15. The molecule has 0 atom stereocenters. The Morgan fingerprint density at radius 1 is 0.296 bits per heavy atom. The van der Waals surface area contributed by atoms with E-state index >= 15 is 0 Å². The smallest absolute Gasteiger partial charge is 0.0464 e. The fraction of sp³-hybridized carbons (Fsp3) is 0.0588. The number of benzene rings is 8. The Hall–Kier alpha value is -6.84. The fourth-order valence-corrected chi connectivity index (χ4v) is 7.13. The van der Waals surface area contributed by atoms with Crippen molar-refractivity contribution < 1.29 is 0 Å². The molecule has 0 saturated heterocycles. The first-order valence-electron chi connectivity index (χ1n) is 18.5. The number of hydrogen-bond donors (Lipinski definition) is 1. The molecule has 0 aliphatic carbocycles. The Kier molecular flexibility index (Phi) is 9.53. The molecule has 0 spiro atoms. The molecule has 0 aliphatic heterocycles. The average molecular weight is 698 g/mol. The van der Waals surface area contributed by atoms with Gasteiger partial charge >= 0.3 is 0 Å². The molecule has 0 fully saturated rings. The average Bonchev–Trinajstić information content (AvgIpc) is 3.20. The van der Waals surface area contributed by atoms with Crippen LogP contribution in [0.3, 0.4) is 0 Å². The maximum atomic E-state index is 6.60. The predicted octanol–water partition coefficient (Wildman–Crippen LogP) is 14.1. The van der Waals surface area contributed by atoms with Gasteiger partial charge in [-0.05, 0) is 145 Å². The Labute approximate surface area is 319 Å². The van der Waals surface area contributed by atoms with Crippen LogP contribution in [-0.4, -0.2) is 0 Å². The van der Waals surface area contributed by atoms with E-state index in [1.54, 1.807) is 0 Å². The molecule has 8 aromatic carbocycles. The summed E-state index contributed by atoms with van der Waals surface area (Å²) in [5.41, 5.74) is 24.5. The number of anilines is 7. The van der Waals surface area contributed by atoms with Crippen LogP contribution in [0.15, 0.2) is 194 Å². The summed E-state index contributed by atoms with van der Waals surface area (Å²) in [4.78, 5) is 4.61. The third kappa shape index (κ3) is 7.26. The van der Waals surface area contributed by atoms with Gasteiger partial charge in [0.1, 0.15) is 0 Å². The van der Waals surface area contributed by atoms with Crippen LogP contribution in [-0.2, 0) is 0 Å². The summed E-state index contributed by atoms with van der Waals surface area (Å²) in [6.45, 7) is 6.39. The third-order valence-electron chi connectivity index (χ3n) is 9.99. The highest BCUT2D eigenvalue weighted by molar-refractivity contribution is 5.85. The molecule has 0 unspecified atom stereocenters. The minimum atomic E-state index is 0.759. The molecule has 2 N–H and O–H groups in total. The van der Waals surface area contributed by atoms with Crippen molar-refractivity contribution in [3.05, 3.63) is 211 Å². The van der Waals surface area contributed by atoms with Gasteiger partial charge in [0.05, 0.1) is 0 Å². The lowest BCUT2D eigenvalue weighted by molar-refractivity contribution is 1.26. The van der Waals surface area contributed by atoms with Gasteiger partial charge in [-0.15, -0.1) is 0 Å². The van der Waals surface area contributed by atoms with Gasteiger partial charge in [-0.3, -0.25) is 0 Å². The topological polar surface area (TPSA) is 32.5 Å². The van der Waals surface area contributed by atoms with Crippen LogP contribution in [0.2, 0.25) is 0 Å². The lowest BCUT2D eigenvalue weighted by Gasteiger charge is -2.26. The minimum Gasteiger partial charge on any atom is -0.398 e. The van der Waals surface area contributed by atoms with Gasteiger partial charge in [-0.1, -0.05) is 115 Å². The van der Waals surface area contributed by atoms with Crippen molar-refractivity contribution in [3.63, 3.8) is 0 Å². The van der Waals surface area contributed by atoms with Gasteiger partial charge in [-0.25, -0.2) is 0 Å². The third-order valence-corrected chi connectivity index (χ3v) is 9.99. The molecule has 0 radical (unpaired) electrons. The molecule has 0 aromatic heterocycles. The minimum absolute atomic E-state index is 0.759. The van der Waals surface area contributed by atoms with Gasteiger partial charge in [0, 0.05) is 45.4 Å². The van der Waals surface area contributed by atoms with Crippen molar-refractivity contribution in [3.8, 4) is 33.4 Å². The monoisotopic (exact) mass is 697 g/mol. The van der Waals surface area contributed by atoms with E-state index in [-0.39, 0.29) is 0 Å². The van der Waals surface area contributed by atoms with Crippen molar-refractivity contribution in [1.29, 1.82) is 0 Å². The summed E-state index contributed by atoms with van der Waals surface area (Å²) < 4.78 is 0. The van der Waals surface area contributed by atoms with Gasteiger partial charge in [0.2, 0.25) is 0 Å². The molecule has 0 bridgehead atoms. The van der Waals surface area contributed by atoms with Crippen LogP contribution in [0.5, 0.6) is 0 Å². The summed E-state index contributed by atoms with van der Waals surface area (Å²) in [5, 5.41) is 0. The van der Waals surface area contributed by atoms with Crippen molar-refractivity contribution in [1.82, 2.24) is 0 Å². The van der Waals surface area contributed by atoms with E-state index in [0.29, 0.717) is 0 Å². The molecule has 0 aliphatic rings. The van der Waals surface area contributed by atoms with Crippen LogP contribution in [0.25, 0.3) is 33.4 Å². The molecule has 0 heterocycles.